The van der Waals surface area contributed by atoms with Gasteiger partial charge in [0.1, 0.15) is 5.76 Å². The SMILES string of the molecule is CN=C(NCCS(=O)c1ccccc1)NCC(c1ccco1)N1CCCC1. The monoisotopic (exact) mass is 388 g/mol. The van der Waals surface area contributed by atoms with E-state index in [1.807, 2.05) is 42.5 Å². The first kappa shape index (κ1) is 19.6. The predicted octanol–water partition coefficient (Wildman–Crippen LogP) is 2.39. The van der Waals surface area contributed by atoms with E-state index >= 15 is 0 Å². The molecule has 2 heterocycles. The van der Waals surface area contributed by atoms with Crippen LogP contribution in [-0.4, -0.2) is 54.0 Å². The first-order chi connectivity index (χ1) is 13.3. The van der Waals surface area contributed by atoms with E-state index in [4.69, 9.17) is 4.42 Å². The van der Waals surface area contributed by atoms with Crippen molar-refractivity contribution in [2.75, 3.05) is 39.0 Å². The number of nitrogens with one attached hydrogen (secondary N) is 2. The molecule has 2 N–H and O–H groups in total. The molecule has 6 nitrogen and oxygen atoms in total. The lowest BCUT2D eigenvalue weighted by Crippen LogP contribution is -2.43. The third kappa shape index (κ3) is 5.68. The van der Waals surface area contributed by atoms with Crippen LogP contribution in [0.2, 0.25) is 0 Å². The smallest absolute Gasteiger partial charge is 0.191 e. The van der Waals surface area contributed by atoms with Crippen molar-refractivity contribution in [1.82, 2.24) is 15.5 Å². The summed E-state index contributed by atoms with van der Waals surface area (Å²) in [7, 11) is 0.742. The number of benzene rings is 1. The van der Waals surface area contributed by atoms with E-state index in [-0.39, 0.29) is 6.04 Å². The van der Waals surface area contributed by atoms with Gasteiger partial charge in [-0.2, -0.15) is 0 Å². The Balaban J connectivity index is 1.48. The Morgan fingerprint density at radius 1 is 1.19 bits per heavy atom. The first-order valence-electron chi connectivity index (χ1n) is 9.43. The van der Waals surface area contributed by atoms with Crippen molar-refractivity contribution >= 4 is 16.8 Å². The molecule has 1 aliphatic rings. The number of furan rings is 1. The highest BCUT2D eigenvalue weighted by Gasteiger charge is 2.25. The largest absolute Gasteiger partial charge is 0.468 e. The van der Waals surface area contributed by atoms with Crippen LogP contribution in [0, 0.1) is 0 Å². The average Bonchev–Trinajstić information content (AvgIpc) is 3.42. The maximum atomic E-state index is 12.3. The molecular weight excluding hydrogens is 360 g/mol. The van der Waals surface area contributed by atoms with Crippen molar-refractivity contribution in [2.45, 2.75) is 23.8 Å². The van der Waals surface area contributed by atoms with Gasteiger partial charge in [-0.1, -0.05) is 18.2 Å². The summed E-state index contributed by atoms with van der Waals surface area (Å²) in [5.41, 5.74) is 0. The number of nitrogens with zero attached hydrogens (tertiary/aromatic N) is 2. The number of likely N-dealkylation sites (tertiary alicyclic amines) is 1. The molecule has 3 rings (SSSR count). The third-order valence-corrected chi connectivity index (χ3v) is 6.10. The molecule has 27 heavy (non-hydrogen) atoms. The molecule has 2 atom stereocenters. The summed E-state index contributed by atoms with van der Waals surface area (Å²) in [5, 5.41) is 6.64. The van der Waals surface area contributed by atoms with Crippen LogP contribution in [0.15, 0.2) is 63.0 Å². The second kappa shape index (κ2) is 10.3. The van der Waals surface area contributed by atoms with Crippen molar-refractivity contribution in [1.29, 1.82) is 0 Å². The Hall–Kier alpha value is -2.12. The fourth-order valence-corrected chi connectivity index (χ4v) is 4.29. The molecular formula is C20H28N4O2S. The summed E-state index contributed by atoms with van der Waals surface area (Å²) in [6.07, 6.45) is 4.19. The molecule has 0 bridgehead atoms. The maximum absolute atomic E-state index is 12.3. The quantitative estimate of drug-likeness (QED) is 0.537. The fraction of sp³-hybridized carbons (Fsp3) is 0.450. The third-order valence-electron chi connectivity index (χ3n) is 4.73. The Morgan fingerprint density at radius 2 is 1.96 bits per heavy atom. The van der Waals surface area contributed by atoms with Gasteiger partial charge in [0.25, 0.3) is 0 Å². The minimum absolute atomic E-state index is 0.194. The van der Waals surface area contributed by atoms with Crippen LogP contribution in [0.3, 0.4) is 0 Å². The number of hydrogen-bond acceptors (Lipinski definition) is 4. The predicted molar refractivity (Wildman–Crippen MR) is 109 cm³/mol. The lowest BCUT2D eigenvalue weighted by Gasteiger charge is -2.26. The summed E-state index contributed by atoms with van der Waals surface area (Å²) >= 11 is 0. The minimum Gasteiger partial charge on any atom is -0.468 e. The zero-order valence-corrected chi connectivity index (χ0v) is 16.6. The van der Waals surface area contributed by atoms with E-state index < -0.39 is 10.8 Å². The molecule has 1 aromatic heterocycles. The number of hydrogen-bond donors (Lipinski definition) is 2. The Labute approximate surface area is 163 Å². The highest BCUT2D eigenvalue weighted by molar-refractivity contribution is 7.85. The molecule has 0 spiro atoms. The van der Waals surface area contributed by atoms with Crippen molar-refractivity contribution < 1.29 is 8.63 Å². The number of rotatable bonds is 8. The Bertz CT molecular complexity index is 728. The van der Waals surface area contributed by atoms with E-state index in [2.05, 4.69) is 20.5 Å². The molecule has 7 heteroatoms. The van der Waals surface area contributed by atoms with Crippen LogP contribution in [0.1, 0.15) is 24.6 Å². The summed E-state index contributed by atoms with van der Waals surface area (Å²) in [6, 6.07) is 13.7. The van der Waals surface area contributed by atoms with Crippen LogP contribution in [0.5, 0.6) is 0 Å². The van der Waals surface area contributed by atoms with E-state index in [0.29, 0.717) is 12.3 Å². The number of guanidine groups is 1. The molecule has 0 aliphatic carbocycles. The van der Waals surface area contributed by atoms with Gasteiger partial charge in [0.2, 0.25) is 0 Å². The van der Waals surface area contributed by atoms with Crippen LogP contribution >= 0.6 is 0 Å². The van der Waals surface area contributed by atoms with Gasteiger partial charge in [-0.05, 0) is 50.2 Å². The van der Waals surface area contributed by atoms with Gasteiger partial charge in [0, 0.05) is 30.8 Å². The first-order valence-corrected chi connectivity index (χ1v) is 10.7. The van der Waals surface area contributed by atoms with Gasteiger partial charge in [0.15, 0.2) is 5.96 Å². The van der Waals surface area contributed by atoms with Crippen molar-refractivity contribution in [3.8, 4) is 0 Å². The Kier molecular flexibility index (Phi) is 7.47. The second-order valence-corrected chi connectivity index (χ2v) is 8.09. The van der Waals surface area contributed by atoms with Crippen LogP contribution in [0.25, 0.3) is 0 Å². The van der Waals surface area contributed by atoms with Gasteiger partial charge < -0.3 is 15.1 Å². The summed E-state index contributed by atoms with van der Waals surface area (Å²) in [4.78, 5) is 7.59. The Morgan fingerprint density at radius 3 is 2.63 bits per heavy atom. The summed E-state index contributed by atoms with van der Waals surface area (Å²) < 4.78 is 18.0. The van der Waals surface area contributed by atoms with Crippen LogP contribution in [0.4, 0.5) is 0 Å². The molecule has 2 unspecified atom stereocenters. The normalized spacial score (nSPS) is 17.6. The molecule has 1 aliphatic heterocycles. The van der Waals surface area contributed by atoms with E-state index in [1.54, 1.807) is 13.3 Å². The lowest BCUT2D eigenvalue weighted by molar-refractivity contribution is 0.215. The summed E-state index contributed by atoms with van der Waals surface area (Å²) in [5.74, 6) is 2.24. The topological polar surface area (TPSA) is 69.9 Å². The van der Waals surface area contributed by atoms with E-state index in [9.17, 15) is 4.21 Å². The summed E-state index contributed by atoms with van der Waals surface area (Å²) in [6.45, 7) is 3.50. The lowest BCUT2D eigenvalue weighted by atomic mass is 10.2. The highest BCUT2D eigenvalue weighted by atomic mass is 32.2. The molecule has 2 aromatic rings. The second-order valence-electron chi connectivity index (χ2n) is 6.52. The molecule has 0 saturated carbocycles. The van der Waals surface area contributed by atoms with E-state index in [0.717, 1.165) is 36.2 Å². The molecule has 0 radical (unpaired) electrons. The van der Waals surface area contributed by atoms with Crippen molar-refractivity contribution in [3.63, 3.8) is 0 Å². The van der Waals surface area contributed by atoms with Gasteiger partial charge in [-0.15, -0.1) is 0 Å². The van der Waals surface area contributed by atoms with E-state index in [1.165, 1.54) is 12.8 Å². The van der Waals surface area contributed by atoms with Crippen molar-refractivity contribution in [2.24, 2.45) is 4.99 Å². The van der Waals surface area contributed by atoms with Crippen LogP contribution < -0.4 is 10.6 Å². The van der Waals surface area contributed by atoms with Crippen LogP contribution in [-0.2, 0) is 10.8 Å². The molecule has 1 saturated heterocycles. The zero-order valence-electron chi connectivity index (χ0n) is 15.8. The fourth-order valence-electron chi connectivity index (χ4n) is 3.31. The maximum Gasteiger partial charge on any atom is 0.191 e. The van der Waals surface area contributed by atoms with Gasteiger partial charge >= 0.3 is 0 Å². The molecule has 1 aromatic carbocycles. The standard InChI is InChI=1S/C20H28N4O2S/c1-21-20(22-11-15-27(25)17-8-3-2-4-9-17)23-16-18(19-10-7-14-26-19)24-12-5-6-13-24/h2-4,7-10,14,18H,5-6,11-13,15-16H2,1H3,(H2,21,22,23). The van der Waals surface area contributed by atoms with Crippen molar-refractivity contribution in [3.05, 3.63) is 54.5 Å². The molecule has 0 amide bonds. The molecule has 146 valence electrons. The molecule has 1 fully saturated rings. The van der Waals surface area contributed by atoms with Gasteiger partial charge in [0.05, 0.1) is 23.1 Å². The van der Waals surface area contributed by atoms with Gasteiger partial charge in [-0.25, -0.2) is 0 Å². The number of aliphatic imine (C=N–C) groups is 1. The van der Waals surface area contributed by atoms with Gasteiger partial charge in [-0.3, -0.25) is 14.1 Å². The zero-order chi connectivity index (χ0) is 18.9. The minimum atomic E-state index is -1.01. The highest BCUT2D eigenvalue weighted by Crippen LogP contribution is 2.24. The average molecular weight is 389 g/mol.